The molecule has 0 aliphatic heterocycles. The van der Waals surface area contributed by atoms with Crippen LogP contribution in [0.3, 0.4) is 0 Å². The van der Waals surface area contributed by atoms with E-state index in [0.717, 1.165) is 19.3 Å². The molecule has 4 atom stereocenters. The number of alkyl halides is 1. The van der Waals surface area contributed by atoms with Crippen LogP contribution in [0.5, 0.6) is 0 Å². The highest BCUT2D eigenvalue weighted by atomic mass is 35.5. The van der Waals surface area contributed by atoms with Gasteiger partial charge in [0.05, 0.1) is 23.0 Å². The Morgan fingerprint density at radius 3 is 2.64 bits per heavy atom. The van der Waals surface area contributed by atoms with Gasteiger partial charge in [0.15, 0.2) is 0 Å². The number of nitrogens with one attached hydrogen (secondary N) is 1. The number of primary amides is 1. The SMILES string of the molecule is CC1(O)CCC1F.NC(=O)c1cnc(Cl)cc1NC1CCCC(O)C1. The number of carbonyl (C=O) groups excluding carboxylic acids is 1. The Morgan fingerprint density at radius 1 is 1.48 bits per heavy atom. The maximum Gasteiger partial charge on any atom is 0.252 e. The third kappa shape index (κ3) is 5.52. The Balaban J connectivity index is 0.000000269. The van der Waals surface area contributed by atoms with E-state index in [1.165, 1.54) is 13.1 Å². The van der Waals surface area contributed by atoms with Crippen LogP contribution in [0.2, 0.25) is 5.15 Å². The quantitative estimate of drug-likeness (QED) is 0.608. The van der Waals surface area contributed by atoms with E-state index in [1.807, 2.05) is 0 Å². The molecule has 0 saturated heterocycles. The van der Waals surface area contributed by atoms with Gasteiger partial charge in [0.1, 0.15) is 11.3 Å². The zero-order chi connectivity index (χ0) is 18.6. The van der Waals surface area contributed by atoms with Crippen molar-refractivity contribution in [1.82, 2.24) is 4.98 Å². The molecule has 6 nitrogen and oxygen atoms in total. The number of halogens is 2. The number of nitrogens with two attached hydrogens (primary N) is 1. The van der Waals surface area contributed by atoms with Crippen LogP contribution < -0.4 is 11.1 Å². The number of aromatic nitrogens is 1. The lowest BCUT2D eigenvalue weighted by atomic mass is 9.80. The summed E-state index contributed by atoms with van der Waals surface area (Å²) < 4.78 is 12.0. The van der Waals surface area contributed by atoms with Gasteiger partial charge in [0, 0.05) is 12.2 Å². The Morgan fingerprint density at radius 2 is 2.16 bits per heavy atom. The lowest BCUT2D eigenvalue weighted by molar-refractivity contribution is -0.0919. The number of amides is 1. The van der Waals surface area contributed by atoms with Crippen molar-refractivity contribution in [2.45, 2.75) is 69.4 Å². The molecule has 1 amide bonds. The molecule has 3 rings (SSSR count). The summed E-state index contributed by atoms with van der Waals surface area (Å²) in [5.74, 6) is -0.543. The molecule has 0 radical (unpaired) electrons. The molecule has 5 N–H and O–H groups in total. The first-order valence-electron chi connectivity index (χ1n) is 8.45. The normalized spacial score (nSPS) is 31.3. The van der Waals surface area contributed by atoms with Crippen molar-refractivity contribution in [1.29, 1.82) is 0 Å². The molecule has 8 heteroatoms. The van der Waals surface area contributed by atoms with Gasteiger partial charge in [-0.05, 0) is 51.5 Å². The number of aliphatic hydroxyl groups is 2. The summed E-state index contributed by atoms with van der Waals surface area (Å²) in [5, 5.41) is 21.9. The molecule has 2 saturated carbocycles. The zero-order valence-electron chi connectivity index (χ0n) is 14.2. The van der Waals surface area contributed by atoms with Crippen LogP contribution in [-0.4, -0.2) is 45.0 Å². The number of aliphatic hydroxyl groups excluding tert-OH is 1. The molecule has 1 heterocycles. The molecule has 4 unspecified atom stereocenters. The largest absolute Gasteiger partial charge is 0.393 e. The molecule has 2 aliphatic carbocycles. The molecule has 2 aliphatic rings. The standard InChI is InChI=1S/C12H16ClN3O2.C5H9FO/c13-11-5-10(9(6-15-11)12(14)18)16-7-2-1-3-8(17)4-7;1-5(7)3-2-4(5)6/h5-8,17H,1-4H2,(H2,14,18)(H,15,16);4,7H,2-3H2,1H3. The highest BCUT2D eigenvalue weighted by Gasteiger charge is 2.41. The minimum atomic E-state index is -0.986. The van der Waals surface area contributed by atoms with Crippen molar-refractivity contribution >= 4 is 23.2 Å². The highest BCUT2D eigenvalue weighted by molar-refractivity contribution is 6.29. The molecule has 0 bridgehead atoms. The Labute approximate surface area is 151 Å². The van der Waals surface area contributed by atoms with E-state index >= 15 is 0 Å². The van der Waals surface area contributed by atoms with E-state index in [4.69, 9.17) is 22.4 Å². The van der Waals surface area contributed by atoms with Crippen LogP contribution in [0.1, 0.15) is 55.8 Å². The average Bonchev–Trinajstić information content (AvgIpc) is 2.54. The number of nitrogens with zero attached hydrogens (tertiary/aromatic N) is 1. The van der Waals surface area contributed by atoms with Gasteiger partial charge in [0.25, 0.3) is 5.91 Å². The van der Waals surface area contributed by atoms with Gasteiger partial charge in [-0.3, -0.25) is 4.79 Å². The number of carbonyl (C=O) groups is 1. The van der Waals surface area contributed by atoms with Crippen molar-refractivity contribution in [3.63, 3.8) is 0 Å². The first-order valence-corrected chi connectivity index (χ1v) is 8.83. The second-order valence-corrected chi connectivity index (χ2v) is 7.33. The third-order valence-electron chi connectivity index (χ3n) is 4.72. The summed E-state index contributed by atoms with van der Waals surface area (Å²) in [6.45, 7) is 1.53. The molecule has 25 heavy (non-hydrogen) atoms. The molecule has 1 aromatic heterocycles. The molecular weight excluding hydrogens is 349 g/mol. The lowest BCUT2D eigenvalue weighted by Crippen LogP contribution is -2.45. The fourth-order valence-electron chi connectivity index (χ4n) is 2.93. The molecule has 1 aromatic rings. The number of rotatable bonds is 3. The fourth-order valence-corrected chi connectivity index (χ4v) is 3.09. The van der Waals surface area contributed by atoms with Gasteiger partial charge < -0.3 is 21.3 Å². The summed E-state index contributed by atoms with van der Waals surface area (Å²) in [6, 6.07) is 1.72. The van der Waals surface area contributed by atoms with Gasteiger partial charge in [-0.2, -0.15) is 0 Å². The van der Waals surface area contributed by atoms with Crippen molar-refractivity contribution < 1.29 is 19.4 Å². The maximum atomic E-state index is 12.0. The van der Waals surface area contributed by atoms with Crippen LogP contribution in [0.15, 0.2) is 12.3 Å². The number of hydrogen-bond donors (Lipinski definition) is 4. The highest BCUT2D eigenvalue weighted by Crippen LogP contribution is 2.33. The van der Waals surface area contributed by atoms with Crippen LogP contribution >= 0.6 is 11.6 Å². The number of anilines is 1. The number of pyridine rings is 1. The van der Waals surface area contributed by atoms with Crippen molar-refractivity contribution in [2.24, 2.45) is 5.73 Å². The monoisotopic (exact) mass is 373 g/mol. The van der Waals surface area contributed by atoms with Gasteiger partial charge >= 0.3 is 0 Å². The second-order valence-electron chi connectivity index (χ2n) is 6.94. The minimum Gasteiger partial charge on any atom is -0.393 e. The van der Waals surface area contributed by atoms with E-state index in [9.17, 15) is 14.3 Å². The zero-order valence-corrected chi connectivity index (χ0v) is 15.0. The topological polar surface area (TPSA) is 108 Å². The molecular formula is C17H25ClFN3O3. The smallest absolute Gasteiger partial charge is 0.252 e. The number of hydrogen-bond acceptors (Lipinski definition) is 5. The van der Waals surface area contributed by atoms with Crippen molar-refractivity contribution in [3.8, 4) is 0 Å². The third-order valence-corrected chi connectivity index (χ3v) is 4.93. The van der Waals surface area contributed by atoms with Gasteiger partial charge in [-0.15, -0.1) is 0 Å². The predicted octanol–water partition coefficient (Wildman–Crippen LogP) is 2.42. The van der Waals surface area contributed by atoms with E-state index in [-0.39, 0.29) is 12.1 Å². The first-order chi connectivity index (χ1) is 11.7. The van der Waals surface area contributed by atoms with Crippen LogP contribution in [0, 0.1) is 0 Å². The fraction of sp³-hybridized carbons (Fsp3) is 0.647. The van der Waals surface area contributed by atoms with E-state index < -0.39 is 17.7 Å². The van der Waals surface area contributed by atoms with Gasteiger partial charge in [0.2, 0.25) is 0 Å². The summed E-state index contributed by atoms with van der Waals surface area (Å²) in [7, 11) is 0. The summed E-state index contributed by atoms with van der Waals surface area (Å²) in [6.07, 6.45) is 4.68. The Hall–Kier alpha value is -1.44. The summed E-state index contributed by atoms with van der Waals surface area (Å²) in [4.78, 5) is 15.1. The van der Waals surface area contributed by atoms with Gasteiger partial charge in [-0.25, -0.2) is 9.37 Å². The van der Waals surface area contributed by atoms with E-state index in [1.54, 1.807) is 6.07 Å². The molecule has 2 fully saturated rings. The molecule has 0 spiro atoms. The Kier molecular flexibility index (Phi) is 6.59. The maximum absolute atomic E-state index is 12.0. The molecule has 140 valence electrons. The predicted molar refractivity (Wildman–Crippen MR) is 94.4 cm³/mol. The first kappa shape index (κ1) is 19.9. The lowest BCUT2D eigenvalue weighted by Gasteiger charge is -2.36. The minimum absolute atomic E-state index is 0.130. The van der Waals surface area contributed by atoms with E-state index in [2.05, 4.69) is 10.3 Å². The average molecular weight is 374 g/mol. The van der Waals surface area contributed by atoms with Crippen molar-refractivity contribution in [3.05, 3.63) is 23.0 Å². The van der Waals surface area contributed by atoms with Crippen LogP contribution in [0.4, 0.5) is 10.1 Å². The van der Waals surface area contributed by atoms with Crippen molar-refractivity contribution in [2.75, 3.05) is 5.32 Å². The second kappa shape index (κ2) is 8.29. The molecule has 0 aromatic carbocycles. The summed E-state index contributed by atoms with van der Waals surface area (Å²) in [5.41, 5.74) is 5.20. The van der Waals surface area contributed by atoms with Gasteiger partial charge in [-0.1, -0.05) is 11.6 Å². The summed E-state index contributed by atoms with van der Waals surface area (Å²) >= 11 is 5.82. The van der Waals surface area contributed by atoms with Crippen LogP contribution in [-0.2, 0) is 0 Å². The Bertz CT molecular complexity index is 615. The van der Waals surface area contributed by atoms with E-state index in [0.29, 0.717) is 35.7 Å². The van der Waals surface area contributed by atoms with Crippen LogP contribution in [0.25, 0.3) is 0 Å².